The Balaban J connectivity index is 1.56. The van der Waals surface area contributed by atoms with Crippen molar-refractivity contribution in [3.05, 3.63) is 0 Å². The van der Waals surface area contributed by atoms with Crippen LogP contribution in [0.15, 0.2) is 0 Å². The predicted molar refractivity (Wildman–Crippen MR) is 65.0 cm³/mol. The maximum Gasteiger partial charge on any atom is 0.00414 e. The van der Waals surface area contributed by atoms with E-state index < -0.39 is 0 Å². The van der Waals surface area contributed by atoms with Crippen LogP contribution in [0.2, 0.25) is 0 Å². The molecule has 2 nitrogen and oxygen atoms in total. The molecule has 2 aliphatic rings. The first-order valence-electron chi connectivity index (χ1n) is 6.66. The zero-order valence-electron chi connectivity index (χ0n) is 10.3. The van der Waals surface area contributed by atoms with Gasteiger partial charge in [-0.05, 0) is 51.7 Å². The summed E-state index contributed by atoms with van der Waals surface area (Å²) in [6.45, 7) is 6.18. The van der Waals surface area contributed by atoms with Crippen LogP contribution in [0.5, 0.6) is 0 Å². The van der Waals surface area contributed by atoms with Crippen LogP contribution < -0.4 is 5.32 Å². The molecule has 2 fully saturated rings. The second-order valence-corrected chi connectivity index (χ2v) is 5.76. The number of nitrogens with one attached hydrogen (secondary N) is 1. The number of nitrogens with zero attached hydrogens (tertiary/aromatic N) is 1. The van der Waals surface area contributed by atoms with Crippen molar-refractivity contribution >= 4 is 0 Å². The molecule has 0 radical (unpaired) electrons. The molecule has 1 saturated carbocycles. The van der Waals surface area contributed by atoms with Crippen molar-refractivity contribution in [3.63, 3.8) is 0 Å². The SMILES string of the molecule is CC(CC1CCC1)NCC1CCN(C)C1. The van der Waals surface area contributed by atoms with Gasteiger partial charge in [0.15, 0.2) is 0 Å². The monoisotopic (exact) mass is 210 g/mol. The fourth-order valence-electron chi connectivity index (χ4n) is 2.87. The highest BCUT2D eigenvalue weighted by molar-refractivity contribution is 4.78. The Kier molecular flexibility index (Phi) is 4.04. The predicted octanol–water partition coefficient (Wildman–Crippen LogP) is 2.11. The number of likely N-dealkylation sites (tertiary alicyclic amines) is 1. The van der Waals surface area contributed by atoms with E-state index in [1.807, 2.05) is 0 Å². The van der Waals surface area contributed by atoms with Crippen molar-refractivity contribution in [3.8, 4) is 0 Å². The van der Waals surface area contributed by atoms with Crippen molar-refractivity contribution in [1.82, 2.24) is 10.2 Å². The number of hydrogen-bond acceptors (Lipinski definition) is 2. The molecule has 0 bridgehead atoms. The third kappa shape index (κ3) is 3.46. The Morgan fingerprint density at radius 3 is 2.60 bits per heavy atom. The fraction of sp³-hybridized carbons (Fsp3) is 1.00. The summed E-state index contributed by atoms with van der Waals surface area (Å²) in [5, 5.41) is 3.72. The zero-order valence-corrected chi connectivity index (χ0v) is 10.3. The Morgan fingerprint density at radius 1 is 1.27 bits per heavy atom. The Labute approximate surface area is 94.4 Å². The summed E-state index contributed by atoms with van der Waals surface area (Å²) in [6.07, 6.45) is 7.24. The third-order valence-electron chi connectivity index (χ3n) is 4.16. The summed E-state index contributed by atoms with van der Waals surface area (Å²) in [6, 6.07) is 0.737. The second-order valence-electron chi connectivity index (χ2n) is 5.76. The lowest BCUT2D eigenvalue weighted by Gasteiger charge is -2.29. The topological polar surface area (TPSA) is 15.3 Å². The maximum absolute atomic E-state index is 3.72. The molecule has 88 valence electrons. The first-order chi connectivity index (χ1) is 7.24. The van der Waals surface area contributed by atoms with E-state index >= 15 is 0 Å². The quantitative estimate of drug-likeness (QED) is 0.747. The summed E-state index contributed by atoms with van der Waals surface area (Å²) in [5.74, 6) is 1.94. The number of hydrogen-bond donors (Lipinski definition) is 1. The van der Waals surface area contributed by atoms with Crippen LogP contribution in [-0.2, 0) is 0 Å². The Morgan fingerprint density at radius 2 is 2.07 bits per heavy atom. The van der Waals surface area contributed by atoms with Gasteiger partial charge < -0.3 is 10.2 Å². The molecule has 0 amide bonds. The molecule has 0 spiro atoms. The van der Waals surface area contributed by atoms with Crippen molar-refractivity contribution in [2.75, 3.05) is 26.7 Å². The highest BCUT2D eigenvalue weighted by atomic mass is 15.1. The van der Waals surface area contributed by atoms with Gasteiger partial charge in [-0.15, -0.1) is 0 Å². The summed E-state index contributed by atoms with van der Waals surface area (Å²) in [4.78, 5) is 2.45. The van der Waals surface area contributed by atoms with E-state index in [-0.39, 0.29) is 0 Å². The minimum absolute atomic E-state index is 0.737. The standard InChI is InChI=1S/C13H26N2/c1-11(8-12-4-3-5-12)14-9-13-6-7-15(2)10-13/h11-14H,3-10H2,1-2H3. The van der Waals surface area contributed by atoms with Crippen LogP contribution in [0.25, 0.3) is 0 Å². The molecule has 2 rings (SSSR count). The Hall–Kier alpha value is -0.0800. The second kappa shape index (κ2) is 5.31. The van der Waals surface area contributed by atoms with Gasteiger partial charge in [-0.1, -0.05) is 19.3 Å². The van der Waals surface area contributed by atoms with Crippen LogP contribution in [0.4, 0.5) is 0 Å². The molecule has 0 aromatic rings. The molecule has 1 saturated heterocycles. The molecule has 0 aromatic carbocycles. The molecular weight excluding hydrogens is 184 g/mol. The van der Waals surface area contributed by atoms with Gasteiger partial charge in [-0.3, -0.25) is 0 Å². The molecule has 2 atom stereocenters. The molecule has 0 aromatic heterocycles. The van der Waals surface area contributed by atoms with Crippen LogP contribution in [0, 0.1) is 11.8 Å². The van der Waals surface area contributed by atoms with Crippen LogP contribution in [0.3, 0.4) is 0 Å². The minimum Gasteiger partial charge on any atom is -0.314 e. The van der Waals surface area contributed by atoms with Crippen molar-refractivity contribution in [2.24, 2.45) is 11.8 Å². The average Bonchev–Trinajstić information content (AvgIpc) is 2.55. The van der Waals surface area contributed by atoms with E-state index in [9.17, 15) is 0 Å². The largest absolute Gasteiger partial charge is 0.314 e. The molecule has 1 N–H and O–H groups in total. The van der Waals surface area contributed by atoms with Crippen molar-refractivity contribution in [2.45, 2.75) is 45.1 Å². The fourth-order valence-corrected chi connectivity index (χ4v) is 2.87. The molecule has 2 unspecified atom stereocenters. The Bertz CT molecular complexity index is 189. The maximum atomic E-state index is 3.72. The first kappa shape index (κ1) is 11.4. The van der Waals surface area contributed by atoms with Crippen LogP contribution >= 0.6 is 0 Å². The highest BCUT2D eigenvalue weighted by Gasteiger charge is 2.22. The molecule has 15 heavy (non-hydrogen) atoms. The van der Waals surface area contributed by atoms with E-state index in [0.29, 0.717) is 0 Å². The zero-order chi connectivity index (χ0) is 10.7. The van der Waals surface area contributed by atoms with Crippen LogP contribution in [-0.4, -0.2) is 37.6 Å². The summed E-state index contributed by atoms with van der Waals surface area (Å²) in [7, 11) is 2.23. The van der Waals surface area contributed by atoms with Gasteiger partial charge >= 0.3 is 0 Å². The van der Waals surface area contributed by atoms with Gasteiger partial charge in [0.25, 0.3) is 0 Å². The lowest BCUT2D eigenvalue weighted by molar-refractivity contribution is 0.261. The van der Waals surface area contributed by atoms with Gasteiger partial charge in [0, 0.05) is 12.6 Å². The molecule has 1 heterocycles. The van der Waals surface area contributed by atoms with Gasteiger partial charge in [0.2, 0.25) is 0 Å². The highest BCUT2D eigenvalue weighted by Crippen LogP contribution is 2.30. The summed E-state index contributed by atoms with van der Waals surface area (Å²) < 4.78 is 0. The molecule has 1 aliphatic heterocycles. The smallest absolute Gasteiger partial charge is 0.00414 e. The van der Waals surface area contributed by atoms with E-state index in [1.54, 1.807) is 0 Å². The summed E-state index contributed by atoms with van der Waals surface area (Å²) >= 11 is 0. The van der Waals surface area contributed by atoms with E-state index in [1.165, 1.54) is 51.7 Å². The van der Waals surface area contributed by atoms with Gasteiger partial charge in [-0.2, -0.15) is 0 Å². The molecule has 1 aliphatic carbocycles. The van der Waals surface area contributed by atoms with Gasteiger partial charge in [-0.25, -0.2) is 0 Å². The van der Waals surface area contributed by atoms with Gasteiger partial charge in [0.1, 0.15) is 0 Å². The minimum atomic E-state index is 0.737. The number of rotatable bonds is 5. The summed E-state index contributed by atoms with van der Waals surface area (Å²) in [5.41, 5.74) is 0. The van der Waals surface area contributed by atoms with E-state index in [0.717, 1.165) is 17.9 Å². The van der Waals surface area contributed by atoms with E-state index in [4.69, 9.17) is 0 Å². The van der Waals surface area contributed by atoms with Crippen molar-refractivity contribution in [1.29, 1.82) is 0 Å². The van der Waals surface area contributed by atoms with Gasteiger partial charge in [0.05, 0.1) is 0 Å². The van der Waals surface area contributed by atoms with E-state index in [2.05, 4.69) is 24.2 Å². The molecular formula is C13H26N2. The van der Waals surface area contributed by atoms with Crippen LogP contribution in [0.1, 0.15) is 39.0 Å². The van der Waals surface area contributed by atoms with Crippen molar-refractivity contribution < 1.29 is 0 Å². The average molecular weight is 210 g/mol. The first-order valence-corrected chi connectivity index (χ1v) is 6.66. The lowest BCUT2D eigenvalue weighted by Crippen LogP contribution is -2.34. The molecule has 2 heteroatoms. The lowest BCUT2D eigenvalue weighted by atomic mass is 9.81. The normalized spacial score (nSPS) is 30.4. The third-order valence-corrected chi connectivity index (χ3v) is 4.16.